The molecule has 2 heterocycles. The SMILES string of the molecule is CC(C)(C)OC(=O)N1CCC(c2ccc(-c3cc(C(=O)O)cc(-n4cc(-c5ccc(C(F)(F)F)cc5)nn4)c3)cc2)CC1. The minimum absolute atomic E-state index is 0.0534. The van der Waals surface area contributed by atoms with Crippen LogP contribution in [0.15, 0.2) is 72.9 Å². The Morgan fingerprint density at radius 3 is 2.09 bits per heavy atom. The van der Waals surface area contributed by atoms with E-state index >= 15 is 0 Å². The molecule has 1 amide bonds. The fourth-order valence-corrected chi connectivity index (χ4v) is 5.06. The molecule has 1 aliphatic rings. The zero-order chi connectivity index (χ0) is 30.9. The van der Waals surface area contributed by atoms with Gasteiger partial charge in [0.1, 0.15) is 11.3 Å². The fraction of sp³-hybridized carbons (Fsp3) is 0.312. The maximum absolute atomic E-state index is 12.9. The molecular formula is C32H31F3N4O4. The lowest BCUT2D eigenvalue weighted by atomic mass is 9.88. The third-order valence-electron chi connectivity index (χ3n) is 7.29. The summed E-state index contributed by atoms with van der Waals surface area (Å²) in [7, 11) is 0. The molecule has 43 heavy (non-hydrogen) atoms. The van der Waals surface area contributed by atoms with Gasteiger partial charge in [-0.3, -0.25) is 0 Å². The number of carbonyl (C=O) groups is 2. The Morgan fingerprint density at radius 2 is 1.51 bits per heavy atom. The van der Waals surface area contributed by atoms with Crippen molar-refractivity contribution in [1.29, 1.82) is 0 Å². The molecule has 1 N–H and O–H groups in total. The van der Waals surface area contributed by atoms with Gasteiger partial charge in [-0.15, -0.1) is 5.10 Å². The zero-order valence-corrected chi connectivity index (χ0v) is 23.9. The number of benzene rings is 3. The molecule has 1 aromatic heterocycles. The molecule has 224 valence electrons. The van der Waals surface area contributed by atoms with E-state index in [1.165, 1.54) is 22.9 Å². The topological polar surface area (TPSA) is 97.6 Å². The van der Waals surface area contributed by atoms with E-state index < -0.39 is 23.3 Å². The summed E-state index contributed by atoms with van der Waals surface area (Å²) in [5, 5.41) is 17.9. The molecule has 1 saturated heterocycles. The molecule has 3 aromatic carbocycles. The molecule has 4 aromatic rings. The van der Waals surface area contributed by atoms with Crippen molar-refractivity contribution in [1.82, 2.24) is 19.9 Å². The number of carboxylic acids is 1. The Bertz CT molecular complexity index is 1620. The van der Waals surface area contributed by atoms with E-state index in [9.17, 15) is 27.9 Å². The normalized spacial score (nSPS) is 14.5. The minimum atomic E-state index is -4.44. The summed E-state index contributed by atoms with van der Waals surface area (Å²) in [6, 6.07) is 17.3. The highest BCUT2D eigenvalue weighted by Crippen LogP contribution is 2.33. The van der Waals surface area contributed by atoms with Gasteiger partial charge in [-0.2, -0.15) is 13.2 Å². The van der Waals surface area contributed by atoms with Crippen LogP contribution in [0.25, 0.3) is 28.1 Å². The van der Waals surface area contributed by atoms with Crippen molar-refractivity contribution in [3.8, 4) is 28.1 Å². The van der Waals surface area contributed by atoms with Crippen molar-refractivity contribution in [3.63, 3.8) is 0 Å². The lowest BCUT2D eigenvalue weighted by Gasteiger charge is -2.33. The molecule has 0 bridgehead atoms. The van der Waals surface area contributed by atoms with Gasteiger partial charge < -0.3 is 14.7 Å². The van der Waals surface area contributed by atoms with Crippen LogP contribution in [-0.4, -0.2) is 55.8 Å². The third-order valence-corrected chi connectivity index (χ3v) is 7.29. The Balaban J connectivity index is 1.33. The standard InChI is InChI=1S/C32H31F3N4O4/c1-31(2,3)43-30(42)38-14-12-22(13-15-38)20-4-6-21(7-5-20)24-16-25(29(40)41)18-27(17-24)39-19-28(36-37-39)23-8-10-26(11-9-23)32(33,34)35/h4-11,16-19,22H,12-15H2,1-3H3,(H,40,41). The molecule has 11 heteroatoms. The summed E-state index contributed by atoms with van der Waals surface area (Å²) in [6.07, 6.45) is -1.58. The molecule has 0 radical (unpaired) electrons. The summed E-state index contributed by atoms with van der Waals surface area (Å²) >= 11 is 0. The highest BCUT2D eigenvalue weighted by atomic mass is 19.4. The van der Waals surface area contributed by atoms with E-state index in [1.807, 2.05) is 45.0 Å². The molecule has 8 nitrogen and oxygen atoms in total. The second kappa shape index (κ2) is 11.5. The molecule has 0 atom stereocenters. The van der Waals surface area contributed by atoms with Crippen molar-refractivity contribution >= 4 is 12.1 Å². The number of rotatable bonds is 5. The number of carboxylic acid groups (broad SMARTS) is 1. The third kappa shape index (κ3) is 7.04. The highest BCUT2D eigenvalue weighted by Gasteiger charge is 2.30. The molecule has 1 aliphatic heterocycles. The Labute approximate surface area is 246 Å². The molecule has 0 unspecified atom stereocenters. The number of hydrogen-bond donors (Lipinski definition) is 1. The predicted molar refractivity (Wildman–Crippen MR) is 154 cm³/mol. The van der Waals surface area contributed by atoms with Gasteiger partial charge in [-0.1, -0.05) is 41.6 Å². The first-order valence-electron chi connectivity index (χ1n) is 13.8. The van der Waals surface area contributed by atoms with E-state index in [4.69, 9.17) is 4.74 Å². The van der Waals surface area contributed by atoms with Gasteiger partial charge in [0.25, 0.3) is 0 Å². The number of likely N-dealkylation sites (tertiary alicyclic amines) is 1. The van der Waals surface area contributed by atoms with E-state index in [2.05, 4.69) is 10.3 Å². The van der Waals surface area contributed by atoms with Crippen LogP contribution in [0, 0.1) is 0 Å². The molecule has 0 spiro atoms. The number of alkyl halides is 3. The maximum atomic E-state index is 12.9. The van der Waals surface area contributed by atoms with E-state index in [1.54, 1.807) is 23.2 Å². The predicted octanol–water partition coefficient (Wildman–Crippen LogP) is 7.43. The number of ether oxygens (including phenoxy) is 1. The molecular weight excluding hydrogens is 561 g/mol. The van der Waals surface area contributed by atoms with Gasteiger partial charge in [0.2, 0.25) is 0 Å². The van der Waals surface area contributed by atoms with Crippen molar-refractivity contribution in [3.05, 3.63) is 89.6 Å². The number of aromatic nitrogens is 3. The number of hydrogen-bond acceptors (Lipinski definition) is 5. The first-order valence-corrected chi connectivity index (χ1v) is 13.8. The van der Waals surface area contributed by atoms with Crippen molar-refractivity contribution in [2.24, 2.45) is 0 Å². The molecule has 5 rings (SSSR count). The van der Waals surface area contributed by atoms with Crippen LogP contribution in [0.3, 0.4) is 0 Å². The number of aromatic carboxylic acids is 1. The number of nitrogens with zero attached hydrogens (tertiary/aromatic N) is 4. The lowest BCUT2D eigenvalue weighted by molar-refractivity contribution is -0.137. The fourth-order valence-electron chi connectivity index (χ4n) is 5.06. The van der Waals surface area contributed by atoms with Gasteiger partial charge >= 0.3 is 18.2 Å². The molecule has 0 aliphatic carbocycles. The lowest BCUT2D eigenvalue weighted by Crippen LogP contribution is -2.41. The summed E-state index contributed by atoms with van der Waals surface area (Å²) in [6.45, 7) is 6.76. The largest absolute Gasteiger partial charge is 0.478 e. The first kappa shape index (κ1) is 29.8. The van der Waals surface area contributed by atoms with Crippen LogP contribution in [-0.2, 0) is 10.9 Å². The number of piperidine rings is 1. The summed E-state index contributed by atoms with van der Waals surface area (Å²) in [4.78, 5) is 26.1. The number of carbonyl (C=O) groups excluding carboxylic acids is 1. The van der Waals surface area contributed by atoms with Gasteiger partial charge in [-0.25, -0.2) is 14.3 Å². The maximum Gasteiger partial charge on any atom is 0.416 e. The molecule has 1 fully saturated rings. The summed E-state index contributed by atoms with van der Waals surface area (Å²) < 4.78 is 45.7. The van der Waals surface area contributed by atoms with Crippen molar-refractivity contribution < 1.29 is 32.6 Å². The van der Waals surface area contributed by atoms with E-state index in [0.717, 1.165) is 36.1 Å². The average molecular weight is 593 g/mol. The number of halogens is 3. The average Bonchev–Trinajstić information content (AvgIpc) is 3.46. The first-order chi connectivity index (χ1) is 20.3. The minimum Gasteiger partial charge on any atom is -0.478 e. The van der Waals surface area contributed by atoms with Crippen LogP contribution >= 0.6 is 0 Å². The van der Waals surface area contributed by atoms with Crippen molar-refractivity contribution in [2.45, 2.75) is 51.3 Å². The van der Waals surface area contributed by atoms with Crippen LogP contribution < -0.4 is 0 Å². The summed E-state index contributed by atoms with van der Waals surface area (Å²) in [5.74, 6) is -0.827. The van der Waals surface area contributed by atoms with Gasteiger partial charge in [0, 0.05) is 18.7 Å². The highest BCUT2D eigenvalue weighted by molar-refractivity contribution is 5.90. The second-order valence-electron chi connectivity index (χ2n) is 11.6. The second-order valence-corrected chi connectivity index (χ2v) is 11.6. The van der Waals surface area contributed by atoms with Crippen LogP contribution in [0.5, 0.6) is 0 Å². The van der Waals surface area contributed by atoms with E-state index in [0.29, 0.717) is 35.6 Å². The summed E-state index contributed by atoms with van der Waals surface area (Å²) in [5.41, 5.74) is 2.59. The Morgan fingerprint density at radius 1 is 0.884 bits per heavy atom. The van der Waals surface area contributed by atoms with Gasteiger partial charge in [0.15, 0.2) is 0 Å². The Hall–Kier alpha value is -4.67. The van der Waals surface area contributed by atoms with Gasteiger partial charge in [-0.05, 0) is 86.6 Å². The zero-order valence-electron chi connectivity index (χ0n) is 23.9. The molecule has 0 saturated carbocycles. The smallest absolute Gasteiger partial charge is 0.416 e. The quantitative estimate of drug-likeness (QED) is 0.259. The van der Waals surface area contributed by atoms with Crippen LogP contribution in [0.1, 0.15) is 61.0 Å². The van der Waals surface area contributed by atoms with Crippen molar-refractivity contribution in [2.75, 3.05) is 13.1 Å². The number of amides is 1. The van der Waals surface area contributed by atoms with Crippen LogP contribution in [0.2, 0.25) is 0 Å². The monoisotopic (exact) mass is 592 g/mol. The van der Waals surface area contributed by atoms with E-state index in [-0.39, 0.29) is 17.6 Å². The van der Waals surface area contributed by atoms with Gasteiger partial charge in [0.05, 0.1) is 23.0 Å². The Kier molecular flexibility index (Phi) is 8.00. The van der Waals surface area contributed by atoms with Crippen LogP contribution in [0.4, 0.5) is 18.0 Å².